The third-order valence-corrected chi connectivity index (χ3v) is 3.11. The predicted molar refractivity (Wildman–Crippen MR) is 70.5 cm³/mol. The van der Waals surface area contributed by atoms with Crippen molar-refractivity contribution < 1.29 is 0 Å². The molecule has 1 fully saturated rings. The van der Waals surface area contributed by atoms with Crippen molar-refractivity contribution in [3.63, 3.8) is 0 Å². The monoisotopic (exact) mass is 235 g/mol. The largest absolute Gasteiger partial charge is 0.357 e. The van der Waals surface area contributed by atoms with Crippen LogP contribution in [0.5, 0.6) is 0 Å². The third kappa shape index (κ3) is 2.85. The lowest BCUT2D eigenvalue weighted by Gasteiger charge is -2.28. The summed E-state index contributed by atoms with van der Waals surface area (Å²) in [6.07, 6.45) is 4.31. The fourth-order valence-electron chi connectivity index (χ4n) is 2.38. The maximum Gasteiger partial charge on any atom is 0.224 e. The van der Waals surface area contributed by atoms with Gasteiger partial charge in [0.2, 0.25) is 5.95 Å². The Labute approximate surface area is 103 Å². The zero-order valence-corrected chi connectivity index (χ0v) is 10.8. The van der Waals surface area contributed by atoms with Crippen molar-refractivity contribution in [2.45, 2.75) is 18.9 Å². The van der Waals surface area contributed by atoms with E-state index in [-0.39, 0.29) is 0 Å². The van der Waals surface area contributed by atoms with Gasteiger partial charge in [0.25, 0.3) is 0 Å². The van der Waals surface area contributed by atoms with E-state index in [1.54, 1.807) is 0 Å². The van der Waals surface area contributed by atoms with Gasteiger partial charge in [-0.25, -0.2) is 4.98 Å². The molecule has 1 aliphatic rings. The normalized spacial score (nSPS) is 20.0. The Kier molecular flexibility index (Phi) is 3.78. The molecule has 17 heavy (non-hydrogen) atoms. The summed E-state index contributed by atoms with van der Waals surface area (Å²) in [6, 6.07) is 2.57. The molecule has 2 rings (SSSR count). The van der Waals surface area contributed by atoms with Gasteiger partial charge in [0.15, 0.2) is 0 Å². The van der Waals surface area contributed by atoms with Crippen molar-refractivity contribution >= 4 is 11.8 Å². The molecule has 2 heterocycles. The number of likely N-dealkylation sites (N-methyl/N-ethyl adjacent to an activating group) is 1. The van der Waals surface area contributed by atoms with Crippen LogP contribution in [0.15, 0.2) is 12.3 Å². The quantitative estimate of drug-likeness (QED) is 0.845. The van der Waals surface area contributed by atoms with E-state index >= 15 is 0 Å². The fourth-order valence-corrected chi connectivity index (χ4v) is 2.38. The van der Waals surface area contributed by atoms with Crippen LogP contribution in [0.2, 0.25) is 0 Å². The molecule has 0 saturated carbocycles. The van der Waals surface area contributed by atoms with Crippen LogP contribution in [0.1, 0.15) is 12.8 Å². The van der Waals surface area contributed by atoms with E-state index in [9.17, 15) is 0 Å². The highest BCUT2D eigenvalue weighted by atomic mass is 15.3. The van der Waals surface area contributed by atoms with Gasteiger partial charge in [-0.05, 0) is 33.0 Å². The molecule has 1 unspecified atom stereocenters. The molecule has 0 radical (unpaired) electrons. The summed E-state index contributed by atoms with van der Waals surface area (Å²) in [5.41, 5.74) is 0. The maximum absolute atomic E-state index is 4.52. The molecule has 1 atom stereocenters. The molecular weight excluding hydrogens is 214 g/mol. The molecule has 0 bridgehead atoms. The molecule has 5 nitrogen and oxygen atoms in total. The van der Waals surface area contributed by atoms with Crippen molar-refractivity contribution in [2.24, 2.45) is 0 Å². The molecular formula is C12H21N5. The van der Waals surface area contributed by atoms with Crippen molar-refractivity contribution in [3.05, 3.63) is 12.3 Å². The molecule has 1 aliphatic heterocycles. The summed E-state index contributed by atoms with van der Waals surface area (Å²) in [6.45, 7) is 2.18. The first kappa shape index (κ1) is 12.1. The lowest BCUT2D eigenvalue weighted by Crippen LogP contribution is -2.38. The van der Waals surface area contributed by atoms with Crippen LogP contribution in [0, 0.1) is 0 Å². The number of rotatable bonds is 4. The number of nitrogens with one attached hydrogen (secondary N) is 1. The first-order chi connectivity index (χ1) is 8.20. The zero-order valence-electron chi connectivity index (χ0n) is 10.8. The van der Waals surface area contributed by atoms with E-state index in [2.05, 4.69) is 39.2 Å². The Morgan fingerprint density at radius 2 is 2.35 bits per heavy atom. The molecule has 0 spiro atoms. The molecule has 0 aromatic carbocycles. The Balaban J connectivity index is 2.14. The van der Waals surface area contributed by atoms with Crippen molar-refractivity contribution in [2.75, 3.05) is 44.4 Å². The van der Waals surface area contributed by atoms with Gasteiger partial charge in [0.1, 0.15) is 5.82 Å². The number of anilines is 2. The second-order valence-corrected chi connectivity index (χ2v) is 4.74. The highest BCUT2D eigenvalue weighted by Gasteiger charge is 2.26. The average molecular weight is 235 g/mol. The Morgan fingerprint density at radius 1 is 1.53 bits per heavy atom. The van der Waals surface area contributed by atoms with Crippen molar-refractivity contribution in [1.29, 1.82) is 0 Å². The van der Waals surface area contributed by atoms with Crippen LogP contribution >= 0.6 is 0 Å². The first-order valence-electron chi connectivity index (χ1n) is 6.13. The average Bonchev–Trinajstić information content (AvgIpc) is 2.76. The van der Waals surface area contributed by atoms with Gasteiger partial charge in [0, 0.05) is 32.4 Å². The number of hydrogen-bond acceptors (Lipinski definition) is 5. The smallest absolute Gasteiger partial charge is 0.224 e. The van der Waals surface area contributed by atoms with Crippen LogP contribution in [0.4, 0.5) is 11.8 Å². The minimum Gasteiger partial charge on any atom is -0.357 e. The third-order valence-electron chi connectivity index (χ3n) is 3.11. The summed E-state index contributed by atoms with van der Waals surface area (Å²) < 4.78 is 0. The van der Waals surface area contributed by atoms with Gasteiger partial charge in [-0.1, -0.05) is 0 Å². The standard InChI is InChI=1S/C12H21N5/c1-13-12-14-7-6-11(15-12)17-8-4-5-10(17)9-16(2)3/h6-7,10H,4-5,8-9H2,1-3H3,(H,13,14,15). The second-order valence-electron chi connectivity index (χ2n) is 4.74. The summed E-state index contributed by atoms with van der Waals surface area (Å²) in [5.74, 6) is 1.73. The molecule has 1 N–H and O–H groups in total. The van der Waals surface area contributed by atoms with Crippen molar-refractivity contribution in [3.8, 4) is 0 Å². The Bertz CT molecular complexity index is 366. The van der Waals surface area contributed by atoms with Crippen LogP contribution < -0.4 is 10.2 Å². The predicted octanol–water partition coefficient (Wildman–Crippen LogP) is 1.05. The van der Waals surface area contributed by atoms with Gasteiger partial charge in [-0.15, -0.1) is 0 Å². The molecule has 94 valence electrons. The van der Waals surface area contributed by atoms with E-state index in [4.69, 9.17) is 0 Å². The van der Waals surface area contributed by atoms with Gasteiger partial charge in [-0.2, -0.15) is 4.98 Å². The number of aromatic nitrogens is 2. The summed E-state index contributed by atoms with van der Waals surface area (Å²) in [7, 11) is 6.09. The Hall–Kier alpha value is -1.36. The lowest BCUT2D eigenvalue weighted by molar-refractivity contribution is 0.371. The van der Waals surface area contributed by atoms with E-state index in [1.165, 1.54) is 12.8 Å². The van der Waals surface area contributed by atoms with Crippen LogP contribution in [0.25, 0.3) is 0 Å². The van der Waals surface area contributed by atoms with Gasteiger partial charge in [-0.3, -0.25) is 0 Å². The van der Waals surface area contributed by atoms with Crippen LogP contribution in [-0.4, -0.2) is 55.1 Å². The van der Waals surface area contributed by atoms with E-state index in [0.717, 1.165) is 18.9 Å². The highest BCUT2D eigenvalue weighted by Crippen LogP contribution is 2.24. The molecule has 1 aromatic rings. The van der Waals surface area contributed by atoms with Gasteiger partial charge < -0.3 is 15.1 Å². The zero-order chi connectivity index (χ0) is 12.3. The fraction of sp³-hybridized carbons (Fsp3) is 0.667. The lowest BCUT2D eigenvalue weighted by atomic mass is 10.2. The Morgan fingerprint density at radius 3 is 3.06 bits per heavy atom. The topological polar surface area (TPSA) is 44.3 Å². The molecule has 1 saturated heterocycles. The first-order valence-corrected chi connectivity index (χ1v) is 6.13. The minimum atomic E-state index is 0.574. The summed E-state index contributed by atoms with van der Waals surface area (Å²) >= 11 is 0. The molecule has 0 aliphatic carbocycles. The van der Waals surface area contributed by atoms with E-state index in [1.807, 2.05) is 19.3 Å². The van der Waals surface area contributed by atoms with E-state index in [0.29, 0.717) is 12.0 Å². The summed E-state index contributed by atoms with van der Waals surface area (Å²) in [5, 5.41) is 2.99. The molecule has 5 heteroatoms. The number of hydrogen-bond donors (Lipinski definition) is 1. The van der Waals surface area contributed by atoms with Gasteiger partial charge >= 0.3 is 0 Å². The minimum absolute atomic E-state index is 0.574. The van der Waals surface area contributed by atoms with Gasteiger partial charge in [0.05, 0.1) is 0 Å². The van der Waals surface area contributed by atoms with Crippen molar-refractivity contribution in [1.82, 2.24) is 14.9 Å². The SMILES string of the molecule is CNc1nccc(N2CCCC2CN(C)C)n1. The van der Waals surface area contributed by atoms with E-state index < -0.39 is 0 Å². The second kappa shape index (κ2) is 5.31. The molecule has 0 amide bonds. The number of nitrogens with zero attached hydrogens (tertiary/aromatic N) is 4. The molecule has 1 aromatic heterocycles. The highest BCUT2D eigenvalue weighted by molar-refractivity contribution is 5.44. The summed E-state index contributed by atoms with van der Waals surface area (Å²) in [4.78, 5) is 13.3. The van der Waals surface area contributed by atoms with Crippen LogP contribution in [-0.2, 0) is 0 Å². The van der Waals surface area contributed by atoms with Crippen LogP contribution in [0.3, 0.4) is 0 Å². The maximum atomic E-state index is 4.52.